The molecule has 1 atom stereocenters. The van der Waals surface area contributed by atoms with Crippen LogP contribution in [0.5, 0.6) is 11.5 Å². The molecule has 1 amide bonds. The number of carbonyl (C=O) groups excluding carboxylic acids is 1. The number of rotatable bonds is 5. The molecule has 3 rings (SSSR count). The third-order valence-corrected chi connectivity index (χ3v) is 4.30. The molecule has 0 aliphatic carbocycles. The van der Waals surface area contributed by atoms with Gasteiger partial charge in [-0.15, -0.1) is 0 Å². The van der Waals surface area contributed by atoms with Gasteiger partial charge < -0.3 is 35.3 Å². The maximum atomic E-state index is 11.8. The van der Waals surface area contributed by atoms with Crippen LogP contribution in [0.3, 0.4) is 0 Å². The molecule has 0 saturated carbocycles. The Hall–Kier alpha value is -2.30. The predicted octanol–water partition coefficient (Wildman–Crippen LogP) is -1.29. The number of hydrogen-bond donors (Lipinski definition) is 4. The molecule has 0 aromatic heterocycles. The topological polar surface area (TPSA) is 143 Å². The lowest BCUT2D eigenvalue weighted by Crippen LogP contribution is -2.60. The average Bonchev–Trinajstić information content (AvgIpc) is 2.55. The molecule has 1 fully saturated rings. The van der Waals surface area contributed by atoms with Crippen molar-refractivity contribution < 1.29 is 34.2 Å². The number of ether oxygens (including phenoxy) is 1. The minimum absolute atomic E-state index is 0.123. The quantitative estimate of drug-likeness (QED) is 0.481. The number of aromatic carboxylic acids is 1. The van der Waals surface area contributed by atoms with Gasteiger partial charge in [0.1, 0.15) is 29.2 Å². The van der Waals surface area contributed by atoms with E-state index in [2.05, 4.69) is 0 Å². The molecule has 0 unspecified atom stereocenters. The van der Waals surface area contributed by atoms with E-state index in [0.29, 0.717) is 18.3 Å². The van der Waals surface area contributed by atoms with Crippen molar-refractivity contribution in [1.29, 1.82) is 0 Å². The van der Waals surface area contributed by atoms with Crippen LogP contribution in [0, 0.1) is 0 Å². The van der Waals surface area contributed by atoms with Crippen LogP contribution in [0.1, 0.15) is 15.9 Å². The van der Waals surface area contributed by atoms with E-state index >= 15 is 0 Å². The van der Waals surface area contributed by atoms with Crippen molar-refractivity contribution in [3.05, 3.63) is 23.3 Å². The highest BCUT2D eigenvalue weighted by molar-refractivity contribution is 6.44. The second-order valence-electron chi connectivity index (χ2n) is 6.12. The van der Waals surface area contributed by atoms with Crippen molar-refractivity contribution in [3.8, 4) is 11.5 Å². The van der Waals surface area contributed by atoms with Gasteiger partial charge in [-0.25, -0.2) is 4.79 Å². The maximum absolute atomic E-state index is 11.8. The van der Waals surface area contributed by atoms with Crippen LogP contribution < -0.4 is 15.1 Å². The van der Waals surface area contributed by atoms with Crippen LogP contribution in [0.4, 0.5) is 0 Å². The van der Waals surface area contributed by atoms with E-state index in [0.717, 1.165) is 0 Å². The summed E-state index contributed by atoms with van der Waals surface area (Å²) in [5.41, 5.74) is 6.05. The molecule has 10 heteroatoms. The van der Waals surface area contributed by atoms with Gasteiger partial charge in [-0.2, -0.15) is 0 Å². The number of fused-ring (bicyclic) bond motifs is 1. The number of carboxylic acids is 1. The van der Waals surface area contributed by atoms with Gasteiger partial charge in [0, 0.05) is 0 Å². The molecule has 2 aliphatic rings. The smallest absolute Gasteiger partial charge is 0.522 e. The van der Waals surface area contributed by atoms with Crippen LogP contribution in [0.2, 0.25) is 6.32 Å². The highest BCUT2D eigenvalue weighted by atomic mass is 16.5. The number of aliphatic hydroxyl groups excluding tert-OH is 1. The molecule has 1 aromatic carbocycles. The Morgan fingerprint density at radius 1 is 1.44 bits per heavy atom. The third-order valence-electron chi connectivity index (χ3n) is 4.30. The number of nitrogens with two attached hydrogens (primary N) is 1. The van der Waals surface area contributed by atoms with Gasteiger partial charge >= 0.3 is 13.1 Å². The molecule has 0 bridgehead atoms. The monoisotopic (exact) mass is 350 g/mol. The molecular formula is C15H19BN2O7. The normalized spacial score (nSPS) is 18.0. The predicted molar refractivity (Wildman–Crippen MR) is 86.6 cm³/mol. The molecule has 134 valence electrons. The SMILES string of the molecule is N[C@@H](CO)C(=O)N1CC(Oc2ccc3c(c2C(=O)O)OB(O)CC3)C1. The Labute approximate surface area is 144 Å². The first kappa shape index (κ1) is 17.5. The highest BCUT2D eigenvalue weighted by Crippen LogP contribution is 2.37. The van der Waals surface area contributed by atoms with Gasteiger partial charge in [-0.05, 0) is 24.4 Å². The van der Waals surface area contributed by atoms with Gasteiger partial charge in [-0.1, -0.05) is 6.07 Å². The third kappa shape index (κ3) is 3.41. The van der Waals surface area contributed by atoms with Gasteiger partial charge in [-0.3, -0.25) is 4.79 Å². The van der Waals surface area contributed by atoms with E-state index in [1.807, 2.05) is 0 Å². The maximum Gasteiger partial charge on any atom is 0.522 e. The minimum atomic E-state index is -1.21. The first-order valence-electron chi connectivity index (χ1n) is 7.96. The van der Waals surface area contributed by atoms with Gasteiger partial charge in [0.05, 0.1) is 19.7 Å². The molecule has 2 heterocycles. The summed E-state index contributed by atoms with van der Waals surface area (Å²) in [7, 11) is -1.04. The molecular weight excluding hydrogens is 331 g/mol. The number of aliphatic hydroxyl groups is 1. The largest absolute Gasteiger partial charge is 0.535 e. The lowest BCUT2D eigenvalue weighted by atomic mass is 9.78. The van der Waals surface area contributed by atoms with E-state index < -0.39 is 25.7 Å². The van der Waals surface area contributed by atoms with Crippen LogP contribution in [-0.4, -0.2) is 71.0 Å². The minimum Gasteiger partial charge on any atom is -0.535 e. The molecule has 9 nitrogen and oxygen atoms in total. The van der Waals surface area contributed by atoms with Crippen molar-refractivity contribution in [2.75, 3.05) is 19.7 Å². The summed E-state index contributed by atoms with van der Waals surface area (Å²) in [6, 6.07) is 2.31. The summed E-state index contributed by atoms with van der Waals surface area (Å²) in [6.45, 7) is 0.0762. The lowest BCUT2D eigenvalue weighted by molar-refractivity contribution is -0.142. The number of amides is 1. The fraction of sp³-hybridized carbons (Fsp3) is 0.467. The Kier molecular flexibility index (Phi) is 4.84. The summed E-state index contributed by atoms with van der Waals surface area (Å²) in [5, 5.41) is 28.0. The lowest BCUT2D eigenvalue weighted by Gasteiger charge is -2.40. The first-order chi connectivity index (χ1) is 11.9. The Balaban J connectivity index is 1.73. The van der Waals surface area contributed by atoms with E-state index in [4.69, 9.17) is 20.2 Å². The summed E-state index contributed by atoms with van der Waals surface area (Å²) in [5.74, 6) is -1.34. The van der Waals surface area contributed by atoms with Crippen LogP contribution >= 0.6 is 0 Å². The molecule has 1 aromatic rings. The van der Waals surface area contributed by atoms with E-state index in [9.17, 15) is 19.7 Å². The summed E-state index contributed by atoms with van der Waals surface area (Å²) >= 11 is 0. The molecule has 2 aliphatic heterocycles. The number of benzene rings is 1. The number of hydrogen-bond acceptors (Lipinski definition) is 7. The Bertz CT molecular complexity index is 693. The zero-order valence-corrected chi connectivity index (χ0v) is 13.4. The number of aryl methyl sites for hydroxylation is 1. The number of carbonyl (C=O) groups is 2. The van der Waals surface area contributed by atoms with Crippen molar-refractivity contribution in [2.24, 2.45) is 5.73 Å². The van der Waals surface area contributed by atoms with Crippen LogP contribution in [0.15, 0.2) is 12.1 Å². The van der Waals surface area contributed by atoms with Crippen LogP contribution in [-0.2, 0) is 11.2 Å². The Morgan fingerprint density at radius 3 is 2.80 bits per heavy atom. The van der Waals surface area contributed by atoms with E-state index in [1.54, 1.807) is 12.1 Å². The van der Waals surface area contributed by atoms with E-state index in [1.165, 1.54) is 4.90 Å². The number of carboxylic acid groups (broad SMARTS) is 1. The number of nitrogens with zero attached hydrogens (tertiary/aromatic N) is 1. The fourth-order valence-corrected chi connectivity index (χ4v) is 2.90. The molecule has 0 spiro atoms. The van der Waals surface area contributed by atoms with Crippen molar-refractivity contribution >= 4 is 19.0 Å². The zero-order chi connectivity index (χ0) is 18.1. The van der Waals surface area contributed by atoms with Gasteiger partial charge in [0.15, 0.2) is 0 Å². The standard InChI is InChI=1S/C15H19BN2O7/c17-10(7-19)14(20)18-5-9(6-18)24-11-2-1-8-3-4-16(23)25-13(8)12(11)15(21)22/h1-2,9-10,19,23H,3-7,17H2,(H,21,22)/t10-/m0/s1. The molecule has 25 heavy (non-hydrogen) atoms. The zero-order valence-electron chi connectivity index (χ0n) is 13.4. The first-order valence-corrected chi connectivity index (χ1v) is 7.96. The summed E-state index contributed by atoms with van der Waals surface area (Å²) in [4.78, 5) is 24.9. The van der Waals surface area contributed by atoms with Crippen molar-refractivity contribution in [3.63, 3.8) is 0 Å². The summed E-state index contributed by atoms with van der Waals surface area (Å²) in [6.07, 6.45) is 0.540. The second-order valence-corrected chi connectivity index (χ2v) is 6.12. The van der Waals surface area contributed by atoms with Crippen molar-refractivity contribution in [2.45, 2.75) is 24.9 Å². The number of likely N-dealkylation sites (tertiary alicyclic amines) is 1. The molecule has 0 radical (unpaired) electrons. The van der Waals surface area contributed by atoms with E-state index in [-0.39, 0.29) is 42.2 Å². The Morgan fingerprint density at radius 2 is 2.16 bits per heavy atom. The summed E-state index contributed by atoms with van der Waals surface area (Å²) < 4.78 is 11.0. The highest BCUT2D eigenvalue weighted by Gasteiger charge is 2.36. The van der Waals surface area contributed by atoms with Crippen LogP contribution in [0.25, 0.3) is 0 Å². The average molecular weight is 350 g/mol. The second kappa shape index (κ2) is 6.91. The van der Waals surface area contributed by atoms with Gasteiger partial charge in [0.2, 0.25) is 5.91 Å². The van der Waals surface area contributed by atoms with Gasteiger partial charge in [0.25, 0.3) is 0 Å². The fourth-order valence-electron chi connectivity index (χ4n) is 2.90. The van der Waals surface area contributed by atoms with Crippen molar-refractivity contribution in [1.82, 2.24) is 4.90 Å². The molecule has 1 saturated heterocycles. The molecule has 5 N–H and O–H groups in total.